The van der Waals surface area contributed by atoms with E-state index in [9.17, 15) is 4.79 Å². The fourth-order valence-corrected chi connectivity index (χ4v) is 4.00. The van der Waals surface area contributed by atoms with Gasteiger partial charge in [0.1, 0.15) is 0 Å². The highest BCUT2D eigenvalue weighted by Gasteiger charge is 2.38. The molecule has 2 heterocycles. The van der Waals surface area contributed by atoms with Crippen LogP contribution < -0.4 is 10.6 Å². The van der Waals surface area contributed by atoms with E-state index >= 15 is 0 Å². The third-order valence-corrected chi connectivity index (χ3v) is 5.71. The molecule has 0 saturated carbocycles. The molecule has 4 heteroatoms. The number of nitrogens with one attached hydrogen (secondary N) is 2. The molecule has 0 aromatic heterocycles. The minimum absolute atomic E-state index is 0.141. The number of fused-ring (bicyclic) bond motifs is 1. The van der Waals surface area contributed by atoms with E-state index in [-0.39, 0.29) is 5.91 Å². The van der Waals surface area contributed by atoms with Gasteiger partial charge in [0.05, 0.1) is 11.3 Å². The van der Waals surface area contributed by atoms with Crippen LogP contribution in [0.3, 0.4) is 0 Å². The van der Waals surface area contributed by atoms with E-state index in [0.29, 0.717) is 11.8 Å². The van der Waals surface area contributed by atoms with E-state index in [1.807, 2.05) is 35.2 Å². The Morgan fingerprint density at radius 3 is 2.44 bits per heavy atom. The number of carbonyl (C=O) groups excluding carboxylic acids is 1. The fourth-order valence-electron chi connectivity index (χ4n) is 4.00. The zero-order valence-electron chi connectivity index (χ0n) is 14.9. The summed E-state index contributed by atoms with van der Waals surface area (Å²) in [6.45, 7) is 8.03. The lowest BCUT2D eigenvalue weighted by Gasteiger charge is -2.20. The Kier molecular flexibility index (Phi) is 4.22. The first-order chi connectivity index (χ1) is 12.1. The molecule has 4 rings (SSSR count). The van der Waals surface area contributed by atoms with Crippen LogP contribution in [0, 0.1) is 25.7 Å². The first-order valence-electron chi connectivity index (χ1n) is 9.05. The van der Waals surface area contributed by atoms with Crippen LogP contribution >= 0.6 is 0 Å². The molecular formula is C21H25N3O. The van der Waals surface area contributed by atoms with Gasteiger partial charge < -0.3 is 15.5 Å². The number of amides is 1. The summed E-state index contributed by atoms with van der Waals surface area (Å²) in [5, 5.41) is 6.91. The molecule has 0 aliphatic carbocycles. The standard InChI is InChI=1S/C21H25N3O/c1-14-6-5-9-19(15(14)2)23-20-8-4-3-7-18(20)21(25)24-12-16-10-22-11-17(16)13-24/h3-9,16-17,22-23H,10-13H2,1-2H3/t16-,17+. The SMILES string of the molecule is Cc1cccc(Nc2ccccc2C(=O)N2C[C@H]3CNC[C@H]3C2)c1C. The normalized spacial score (nSPS) is 22.1. The average Bonchev–Trinajstić information content (AvgIpc) is 3.21. The van der Waals surface area contributed by atoms with Gasteiger partial charge in [-0.2, -0.15) is 0 Å². The van der Waals surface area contributed by atoms with Gasteiger partial charge in [-0.3, -0.25) is 4.79 Å². The predicted molar refractivity (Wildman–Crippen MR) is 101 cm³/mol. The fraction of sp³-hybridized carbons (Fsp3) is 0.381. The molecule has 0 spiro atoms. The molecule has 2 aliphatic rings. The van der Waals surface area contributed by atoms with Gasteiger partial charge in [-0.1, -0.05) is 24.3 Å². The highest BCUT2D eigenvalue weighted by atomic mass is 16.2. The number of likely N-dealkylation sites (tertiary alicyclic amines) is 1. The van der Waals surface area contributed by atoms with Gasteiger partial charge in [0, 0.05) is 31.9 Å². The second kappa shape index (κ2) is 6.52. The molecule has 2 aliphatic heterocycles. The van der Waals surface area contributed by atoms with Crippen molar-refractivity contribution in [1.29, 1.82) is 0 Å². The van der Waals surface area contributed by atoms with E-state index in [1.54, 1.807) is 0 Å². The maximum Gasteiger partial charge on any atom is 0.255 e. The second-order valence-electron chi connectivity index (χ2n) is 7.31. The zero-order chi connectivity index (χ0) is 17.4. The number of hydrogen-bond acceptors (Lipinski definition) is 3. The molecule has 0 bridgehead atoms. The van der Waals surface area contributed by atoms with Gasteiger partial charge in [-0.25, -0.2) is 0 Å². The maximum absolute atomic E-state index is 13.1. The Hall–Kier alpha value is -2.33. The van der Waals surface area contributed by atoms with E-state index in [4.69, 9.17) is 0 Å². The number of para-hydroxylation sites is 1. The third kappa shape index (κ3) is 3.02. The van der Waals surface area contributed by atoms with Gasteiger partial charge in [-0.05, 0) is 55.0 Å². The van der Waals surface area contributed by atoms with Crippen LogP contribution in [0.5, 0.6) is 0 Å². The summed E-state index contributed by atoms with van der Waals surface area (Å²) in [4.78, 5) is 15.1. The van der Waals surface area contributed by atoms with Crippen molar-refractivity contribution in [2.75, 3.05) is 31.5 Å². The smallest absolute Gasteiger partial charge is 0.255 e. The van der Waals surface area contributed by atoms with Gasteiger partial charge in [0.25, 0.3) is 5.91 Å². The Bertz CT molecular complexity index is 789. The Morgan fingerprint density at radius 1 is 1.00 bits per heavy atom. The molecule has 2 fully saturated rings. The van der Waals surface area contributed by atoms with E-state index in [2.05, 4.69) is 36.6 Å². The molecule has 130 valence electrons. The van der Waals surface area contributed by atoms with Gasteiger partial charge in [0.2, 0.25) is 0 Å². The largest absolute Gasteiger partial charge is 0.355 e. The number of carbonyl (C=O) groups is 1. The lowest BCUT2D eigenvalue weighted by molar-refractivity contribution is 0.0782. The summed E-state index contributed by atoms with van der Waals surface area (Å²) in [6.07, 6.45) is 0. The summed E-state index contributed by atoms with van der Waals surface area (Å²) in [7, 11) is 0. The third-order valence-electron chi connectivity index (χ3n) is 5.71. The molecule has 2 saturated heterocycles. The van der Waals surface area contributed by atoms with E-state index in [1.165, 1.54) is 11.1 Å². The topological polar surface area (TPSA) is 44.4 Å². The monoisotopic (exact) mass is 335 g/mol. The van der Waals surface area contributed by atoms with Crippen LogP contribution in [-0.2, 0) is 0 Å². The lowest BCUT2D eigenvalue weighted by atomic mass is 10.0. The maximum atomic E-state index is 13.1. The number of benzene rings is 2. The van der Waals surface area contributed by atoms with Crippen molar-refractivity contribution >= 4 is 17.3 Å². The molecule has 2 aromatic rings. The Labute approximate surface area is 149 Å². The predicted octanol–water partition coefficient (Wildman–Crippen LogP) is 3.34. The van der Waals surface area contributed by atoms with Crippen molar-refractivity contribution in [1.82, 2.24) is 10.2 Å². The highest BCUT2D eigenvalue weighted by molar-refractivity contribution is 6.00. The second-order valence-corrected chi connectivity index (χ2v) is 7.31. The minimum atomic E-state index is 0.141. The van der Waals surface area contributed by atoms with Crippen molar-refractivity contribution in [2.45, 2.75) is 13.8 Å². The quantitative estimate of drug-likeness (QED) is 0.904. The number of rotatable bonds is 3. The van der Waals surface area contributed by atoms with Crippen LogP contribution in [-0.4, -0.2) is 37.0 Å². The molecule has 1 amide bonds. The van der Waals surface area contributed by atoms with Gasteiger partial charge in [0.15, 0.2) is 0 Å². The van der Waals surface area contributed by atoms with E-state index < -0.39 is 0 Å². The first kappa shape index (κ1) is 16.2. The minimum Gasteiger partial charge on any atom is -0.355 e. The summed E-state index contributed by atoms with van der Waals surface area (Å²) in [6, 6.07) is 14.1. The molecule has 2 N–H and O–H groups in total. The van der Waals surface area contributed by atoms with Gasteiger partial charge in [-0.15, -0.1) is 0 Å². The average molecular weight is 335 g/mol. The van der Waals surface area contributed by atoms with Gasteiger partial charge >= 0.3 is 0 Å². The number of hydrogen-bond donors (Lipinski definition) is 2. The van der Waals surface area contributed by atoms with E-state index in [0.717, 1.165) is 43.1 Å². The van der Waals surface area contributed by atoms with Crippen molar-refractivity contribution < 1.29 is 4.79 Å². The summed E-state index contributed by atoms with van der Waals surface area (Å²) in [5.74, 6) is 1.37. The number of nitrogens with zero attached hydrogens (tertiary/aromatic N) is 1. The first-order valence-corrected chi connectivity index (χ1v) is 9.05. The van der Waals surface area contributed by atoms with Crippen LogP contribution in [0.15, 0.2) is 42.5 Å². The molecule has 2 atom stereocenters. The highest BCUT2D eigenvalue weighted by Crippen LogP contribution is 2.30. The number of aryl methyl sites for hydroxylation is 1. The molecular weight excluding hydrogens is 310 g/mol. The molecule has 0 unspecified atom stereocenters. The van der Waals surface area contributed by atoms with Crippen LogP contribution in [0.4, 0.5) is 11.4 Å². The molecule has 25 heavy (non-hydrogen) atoms. The van der Waals surface area contributed by atoms with Crippen LogP contribution in [0.1, 0.15) is 21.5 Å². The lowest BCUT2D eigenvalue weighted by Crippen LogP contribution is -2.32. The van der Waals surface area contributed by atoms with Crippen LogP contribution in [0.25, 0.3) is 0 Å². The summed E-state index contributed by atoms with van der Waals surface area (Å²) in [5.41, 5.74) is 5.16. The molecule has 4 nitrogen and oxygen atoms in total. The Morgan fingerprint density at radius 2 is 1.68 bits per heavy atom. The van der Waals surface area contributed by atoms with Crippen molar-refractivity contribution in [3.05, 3.63) is 59.2 Å². The Balaban J connectivity index is 1.59. The van der Waals surface area contributed by atoms with Crippen molar-refractivity contribution in [2.24, 2.45) is 11.8 Å². The number of anilines is 2. The van der Waals surface area contributed by atoms with Crippen molar-refractivity contribution in [3.8, 4) is 0 Å². The van der Waals surface area contributed by atoms with Crippen molar-refractivity contribution in [3.63, 3.8) is 0 Å². The van der Waals surface area contributed by atoms with Crippen LogP contribution in [0.2, 0.25) is 0 Å². The molecule has 0 radical (unpaired) electrons. The summed E-state index contributed by atoms with van der Waals surface area (Å²) < 4.78 is 0. The summed E-state index contributed by atoms with van der Waals surface area (Å²) >= 11 is 0. The molecule has 2 aromatic carbocycles. The zero-order valence-corrected chi connectivity index (χ0v) is 14.9.